The third-order valence-corrected chi connectivity index (χ3v) is 6.59. The topological polar surface area (TPSA) is 42.0 Å². The summed E-state index contributed by atoms with van der Waals surface area (Å²) in [5.74, 6) is 1.69. The Balaban J connectivity index is 1.33. The van der Waals surface area contributed by atoms with E-state index >= 15 is 0 Å². The highest BCUT2D eigenvalue weighted by atomic mass is 35.5. The number of halogens is 1. The lowest BCUT2D eigenvalue weighted by molar-refractivity contribution is 0.0954. The van der Waals surface area contributed by atoms with Crippen LogP contribution in [-0.2, 0) is 13.0 Å². The Morgan fingerprint density at radius 2 is 1.79 bits per heavy atom. The standard InChI is InChI=1S/C28H27ClN2O3/c1-18-27-21(16-31(17-33-27)13-12-19-4-8-22(29)9-5-19)15-24-26(32)25(34-28(18)24)14-20-6-10-23(11-7-20)30(2)3/h4-11,14-15H,12-13,16-17H2,1-3H3/b25-14-. The van der Waals surface area contributed by atoms with Gasteiger partial charge in [-0.25, -0.2) is 0 Å². The summed E-state index contributed by atoms with van der Waals surface area (Å²) in [6, 6.07) is 17.9. The van der Waals surface area contributed by atoms with Gasteiger partial charge in [-0.3, -0.25) is 9.69 Å². The molecule has 2 aliphatic heterocycles. The molecule has 3 aromatic carbocycles. The molecule has 2 aliphatic rings. The maximum Gasteiger partial charge on any atom is 0.231 e. The number of ether oxygens (including phenoxy) is 2. The molecule has 0 radical (unpaired) electrons. The zero-order valence-corrected chi connectivity index (χ0v) is 20.4. The molecule has 0 bridgehead atoms. The van der Waals surface area contributed by atoms with Crippen molar-refractivity contribution in [1.82, 2.24) is 4.90 Å². The molecule has 0 atom stereocenters. The first-order valence-corrected chi connectivity index (χ1v) is 11.7. The second-order valence-electron chi connectivity index (χ2n) is 8.99. The molecule has 0 unspecified atom stereocenters. The maximum absolute atomic E-state index is 13.2. The third kappa shape index (κ3) is 4.41. The Hall–Kier alpha value is -3.28. The van der Waals surface area contributed by atoms with Gasteiger partial charge in [-0.1, -0.05) is 35.9 Å². The lowest BCUT2D eigenvalue weighted by atomic mass is 10.00. The van der Waals surface area contributed by atoms with E-state index in [-0.39, 0.29) is 5.78 Å². The first kappa shape index (κ1) is 22.5. The van der Waals surface area contributed by atoms with Gasteiger partial charge in [0.05, 0.1) is 5.56 Å². The molecular formula is C28H27ClN2O3. The van der Waals surface area contributed by atoms with Gasteiger partial charge < -0.3 is 14.4 Å². The van der Waals surface area contributed by atoms with Crippen LogP contribution in [0.5, 0.6) is 11.5 Å². The molecule has 0 amide bonds. The minimum atomic E-state index is -0.0872. The molecular weight excluding hydrogens is 448 g/mol. The molecule has 0 N–H and O–H groups in total. The number of anilines is 1. The first-order valence-electron chi connectivity index (χ1n) is 11.4. The van der Waals surface area contributed by atoms with Crippen molar-refractivity contribution in [2.24, 2.45) is 0 Å². The number of carbonyl (C=O) groups is 1. The third-order valence-electron chi connectivity index (χ3n) is 6.34. The SMILES string of the molecule is Cc1c2c(cc3c1O/C(=C\c1ccc(N(C)C)cc1)C3=O)CN(CCc1ccc(Cl)cc1)CO2. The van der Waals surface area contributed by atoms with Crippen LogP contribution in [0.1, 0.15) is 32.6 Å². The number of allylic oxidation sites excluding steroid dienone is 1. The van der Waals surface area contributed by atoms with Gasteiger partial charge in [-0.05, 0) is 60.9 Å². The Kier molecular flexibility index (Phi) is 6.07. The zero-order valence-electron chi connectivity index (χ0n) is 19.6. The van der Waals surface area contributed by atoms with Crippen LogP contribution < -0.4 is 14.4 Å². The van der Waals surface area contributed by atoms with Gasteiger partial charge in [0.1, 0.15) is 18.2 Å². The van der Waals surface area contributed by atoms with Gasteiger partial charge >= 0.3 is 0 Å². The minimum absolute atomic E-state index is 0.0872. The van der Waals surface area contributed by atoms with E-state index in [1.165, 1.54) is 5.56 Å². The molecule has 2 heterocycles. The summed E-state index contributed by atoms with van der Waals surface area (Å²) in [5, 5.41) is 0.745. The van der Waals surface area contributed by atoms with E-state index in [4.69, 9.17) is 21.1 Å². The predicted molar refractivity (Wildman–Crippen MR) is 136 cm³/mol. The number of Topliss-reactive ketones (excluding diaryl/α,β-unsaturated/α-hetero) is 1. The molecule has 0 spiro atoms. The van der Waals surface area contributed by atoms with Crippen molar-refractivity contribution < 1.29 is 14.3 Å². The summed E-state index contributed by atoms with van der Waals surface area (Å²) in [6.07, 6.45) is 2.71. The molecule has 5 nitrogen and oxygen atoms in total. The molecule has 0 saturated carbocycles. The summed E-state index contributed by atoms with van der Waals surface area (Å²) < 4.78 is 12.1. The summed E-state index contributed by atoms with van der Waals surface area (Å²) >= 11 is 5.99. The fraction of sp³-hybridized carbons (Fsp3) is 0.250. The van der Waals surface area contributed by atoms with Crippen LogP contribution >= 0.6 is 11.6 Å². The minimum Gasteiger partial charge on any atom is -0.477 e. The van der Waals surface area contributed by atoms with Gasteiger partial charge in [0, 0.05) is 49.0 Å². The molecule has 0 fully saturated rings. The normalized spacial score (nSPS) is 16.1. The van der Waals surface area contributed by atoms with Crippen LogP contribution in [-0.4, -0.2) is 38.1 Å². The van der Waals surface area contributed by atoms with Crippen molar-refractivity contribution in [2.75, 3.05) is 32.3 Å². The van der Waals surface area contributed by atoms with Crippen LogP contribution in [0.3, 0.4) is 0 Å². The van der Waals surface area contributed by atoms with Crippen LogP contribution in [0.4, 0.5) is 5.69 Å². The summed E-state index contributed by atoms with van der Waals surface area (Å²) in [5.41, 5.74) is 5.77. The van der Waals surface area contributed by atoms with E-state index in [0.717, 1.165) is 52.7 Å². The summed E-state index contributed by atoms with van der Waals surface area (Å²) in [7, 11) is 4.00. The van der Waals surface area contributed by atoms with E-state index in [0.29, 0.717) is 23.8 Å². The molecule has 0 saturated heterocycles. The quantitative estimate of drug-likeness (QED) is 0.442. The molecule has 6 heteroatoms. The smallest absolute Gasteiger partial charge is 0.231 e. The van der Waals surface area contributed by atoms with E-state index in [1.807, 2.05) is 68.4 Å². The van der Waals surface area contributed by atoms with Crippen LogP contribution in [0.25, 0.3) is 6.08 Å². The number of carbonyl (C=O) groups excluding carboxylic acids is 1. The Labute approximate surface area is 205 Å². The first-order chi connectivity index (χ1) is 16.4. The van der Waals surface area contributed by atoms with Crippen molar-refractivity contribution in [3.63, 3.8) is 0 Å². The molecule has 3 aromatic rings. The van der Waals surface area contributed by atoms with E-state index in [1.54, 1.807) is 6.08 Å². The summed E-state index contributed by atoms with van der Waals surface area (Å²) in [6.45, 7) is 4.06. The van der Waals surface area contributed by atoms with Crippen LogP contribution in [0, 0.1) is 6.92 Å². The number of nitrogens with zero attached hydrogens (tertiary/aromatic N) is 2. The summed E-state index contributed by atoms with van der Waals surface area (Å²) in [4.78, 5) is 17.4. The van der Waals surface area contributed by atoms with E-state index in [9.17, 15) is 4.79 Å². The zero-order chi connectivity index (χ0) is 23.8. The fourth-order valence-electron chi connectivity index (χ4n) is 4.40. The molecule has 0 aliphatic carbocycles. The number of hydrogen-bond acceptors (Lipinski definition) is 5. The Morgan fingerprint density at radius 1 is 1.06 bits per heavy atom. The van der Waals surface area contributed by atoms with Gasteiger partial charge in [0.15, 0.2) is 5.76 Å². The highest BCUT2D eigenvalue weighted by Gasteiger charge is 2.33. The Bertz CT molecular complexity index is 1260. The average Bonchev–Trinajstić information content (AvgIpc) is 3.14. The van der Waals surface area contributed by atoms with E-state index in [2.05, 4.69) is 17.0 Å². The van der Waals surface area contributed by atoms with Crippen molar-refractivity contribution >= 4 is 29.1 Å². The average molecular weight is 475 g/mol. The molecule has 0 aromatic heterocycles. The van der Waals surface area contributed by atoms with Crippen molar-refractivity contribution in [3.8, 4) is 11.5 Å². The van der Waals surface area contributed by atoms with Crippen LogP contribution in [0.2, 0.25) is 5.02 Å². The van der Waals surface area contributed by atoms with Gasteiger partial charge in [-0.15, -0.1) is 0 Å². The Morgan fingerprint density at radius 3 is 2.50 bits per heavy atom. The fourth-order valence-corrected chi connectivity index (χ4v) is 4.52. The number of fused-ring (bicyclic) bond motifs is 2. The van der Waals surface area contributed by atoms with Crippen molar-refractivity contribution in [1.29, 1.82) is 0 Å². The lowest BCUT2D eigenvalue weighted by Gasteiger charge is -2.30. The number of ketones is 1. The highest BCUT2D eigenvalue weighted by molar-refractivity contribution is 6.30. The molecule has 34 heavy (non-hydrogen) atoms. The highest BCUT2D eigenvalue weighted by Crippen LogP contribution is 2.43. The monoisotopic (exact) mass is 474 g/mol. The number of hydrogen-bond donors (Lipinski definition) is 0. The second-order valence-corrected chi connectivity index (χ2v) is 9.43. The molecule has 174 valence electrons. The van der Waals surface area contributed by atoms with Crippen LogP contribution in [0.15, 0.2) is 60.4 Å². The second kappa shape index (κ2) is 9.16. The van der Waals surface area contributed by atoms with Gasteiger partial charge in [-0.2, -0.15) is 0 Å². The number of rotatable bonds is 5. The largest absolute Gasteiger partial charge is 0.477 e. The van der Waals surface area contributed by atoms with Gasteiger partial charge in [0.2, 0.25) is 5.78 Å². The van der Waals surface area contributed by atoms with E-state index < -0.39 is 0 Å². The lowest BCUT2D eigenvalue weighted by Crippen LogP contribution is -2.34. The van der Waals surface area contributed by atoms with Crippen molar-refractivity contribution in [3.05, 3.63) is 93.2 Å². The predicted octanol–water partition coefficient (Wildman–Crippen LogP) is 5.73. The number of benzene rings is 3. The molecule has 5 rings (SSSR count). The van der Waals surface area contributed by atoms with Crippen molar-refractivity contribution in [2.45, 2.75) is 19.9 Å². The van der Waals surface area contributed by atoms with Gasteiger partial charge in [0.25, 0.3) is 0 Å². The maximum atomic E-state index is 13.2.